The minimum absolute atomic E-state index is 0.284. The van der Waals surface area contributed by atoms with Crippen molar-refractivity contribution in [3.05, 3.63) is 34.7 Å². The molecule has 76 valence electrons. The van der Waals surface area contributed by atoms with E-state index in [9.17, 15) is 4.79 Å². The number of carbonyl (C=O) groups is 1. The standard InChI is InChI=1S/C8H5BrN4OS/c9-5-2-1-3-10-7(5)8(14)12-6-4-11-13-15-6/h1-4H,(H,12,14). The van der Waals surface area contributed by atoms with E-state index in [0.29, 0.717) is 15.2 Å². The molecule has 2 aromatic rings. The molecule has 2 heterocycles. The van der Waals surface area contributed by atoms with Crippen molar-refractivity contribution in [2.75, 3.05) is 5.32 Å². The lowest BCUT2D eigenvalue weighted by molar-refractivity contribution is 0.102. The van der Waals surface area contributed by atoms with Crippen LogP contribution in [0.1, 0.15) is 10.5 Å². The Balaban J connectivity index is 2.19. The molecule has 0 aliphatic rings. The zero-order chi connectivity index (χ0) is 10.7. The van der Waals surface area contributed by atoms with Crippen LogP contribution in [-0.2, 0) is 0 Å². The molecule has 0 spiro atoms. The van der Waals surface area contributed by atoms with Gasteiger partial charge in [-0.05, 0) is 28.1 Å². The summed E-state index contributed by atoms with van der Waals surface area (Å²) in [6, 6.07) is 3.50. The van der Waals surface area contributed by atoms with Crippen LogP contribution in [-0.4, -0.2) is 20.5 Å². The van der Waals surface area contributed by atoms with Gasteiger partial charge in [0.25, 0.3) is 5.91 Å². The molecule has 0 fully saturated rings. The normalized spacial score (nSPS) is 9.93. The Morgan fingerprint density at radius 2 is 2.40 bits per heavy atom. The van der Waals surface area contributed by atoms with Crippen LogP contribution in [0.2, 0.25) is 0 Å². The van der Waals surface area contributed by atoms with E-state index in [0.717, 1.165) is 11.5 Å². The monoisotopic (exact) mass is 284 g/mol. The summed E-state index contributed by atoms with van der Waals surface area (Å²) >= 11 is 4.37. The van der Waals surface area contributed by atoms with Crippen LogP contribution in [0.25, 0.3) is 0 Å². The van der Waals surface area contributed by atoms with E-state index in [1.165, 1.54) is 6.20 Å². The fraction of sp³-hybridized carbons (Fsp3) is 0. The summed E-state index contributed by atoms with van der Waals surface area (Å²) in [5, 5.41) is 6.85. The molecule has 0 saturated heterocycles. The first-order valence-corrected chi connectivity index (χ1v) is 5.53. The van der Waals surface area contributed by atoms with Gasteiger partial charge in [0.05, 0.1) is 6.20 Å². The Hall–Kier alpha value is -1.34. The second-order valence-corrected chi connectivity index (χ2v) is 4.21. The molecule has 5 nitrogen and oxygen atoms in total. The van der Waals surface area contributed by atoms with Gasteiger partial charge in [-0.3, -0.25) is 4.79 Å². The minimum Gasteiger partial charge on any atom is -0.310 e. The molecule has 0 aromatic carbocycles. The Morgan fingerprint density at radius 3 is 3.07 bits per heavy atom. The van der Waals surface area contributed by atoms with Crippen molar-refractivity contribution in [1.82, 2.24) is 14.6 Å². The summed E-state index contributed by atoms with van der Waals surface area (Å²) in [4.78, 5) is 15.6. The second-order valence-electron chi connectivity index (χ2n) is 2.57. The van der Waals surface area contributed by atoms with Gasteiger partial charge in [-0.2, -0.15) is 0 Å². The highest BCUT2D eigenvalue weighted by molar-refractivity contribution is 9.10. The van der Waals surface area contributed by atoms with E-state index in [1.807, 2.05) is 0 Å². The summed E-state index contributed by atoms with van der Waals surface area (Å²) < 4.78 is 4.29. The topological polar surface area (TPSA) is 67.8 Å². The summed E-state index contributed by atoms with van der Waals surface area (Å²) in [6.07, 6.45) is 3.05. The fourth-order valence-electron chi connectivity index (χ4n) is 0.946. The third kappa shape index (κ3) is 2.37. The quantitative estimate of drug-likeness (QED) is 0.915. The summed E-state index contributed by atoms with van der Waals surface area (Å²) in [7, 11) is 0. The molecule has 2 rings (SSSR count). The maximum atomic E-state index is 11.7. The van der Waals surface area contributed by atoms with Crippen molar-refractivity contribution < 1.29 is 4.79 Å². The number of amides is 1. The number of nitrogens with zero attached hydrogens (tertiary/aromatic N) is 3. The van der Waals surface area contributed by atoms with E-state index in [1.54, 1.807) is 18.3 Å². The SMILES string of the molecule is O=C(Nc1cnns1)c1ncccc1Br. The average Bonchev–Trinajstić information content (AvgIpc) is 2.71. The van der Waals surface area contributed by atoms with Gasteiger partial charge in [0.15, 0.2) is 0 Å². The second kappa shape index (κ2) is 4.45. The maximum absolute atomic E-state index is 11.7. The fourth-order valence-corrected chi connectivity index (χ4v) is 1.80. The molecule has 7 heteroatoms. The molecule has 0 bridgehead atoms. The first-order chi connectivity index (χ1) is 7.27. The van der Waals surface area contributed by atoms with Crippen molar-refractivity contribution >= 4 is 38.4 Å². The van der Waals surface area contributed by atoms with Gasteiger partial charge in [-0.25, -0.2) is 4.98 Å². The van der Waals surface area contributed by atoms with Crippen LogP contribution >= 0.6 is 27.5 Å². The van der Waals surface area contributed by atoms with Gasteiger partial charge >= 0.3 is 0 Å². The molecule has 1 N–H and O–H groups in total. The third-order valence-corrected chi connectivity index (χ3v) is 2.79. The van der Waals surface area contributed by atoms with Crippen LogP contribution in [0.15, 0.2) is 29.0 Å². The molecular formula is C8H5BrN4OS. The Kier molecular flexibility index (Phi) is 3.02. The van der Waals surface area contributed by atoms with Crippen molar-refractivity contribution in [2.24, 2.45) is 0 Å². The molecular weight excluding hydrogens is 280 g/mol. The maximum Gasteiger partial charge on any atom is 0.276 e. The summed E-state index contributed by atoms with van der Waals surface area (Å²) in [5.41, 5.74) is 0.339. The van der Waals surface area contributed by atoms with Crippen LogP contribution in [0.4, 0.5) is 5.00 Å². The lowest BCUT2D eigenvalue weighted by atomic mass is 10.3. The smallest absolute Gasteiger partial charge is 0.276 e. The zero-order valence-corrected chi connectivity index (χ0v) is 9.75. The van der Waals surface area contributed by atoms with Gasteiger partial charge in [0.2, 0.25) is 0 Å². The molecule has 0 aliphatic heterocycles. The predicted octanol–water partition coefficient (Wildman–Crippen LogP) is 1.95. The van der Waals surface area contributed by atoms with Gasteiger partial charge in [-0.15, -0.1) is 5.10 Å². The molecule has 0 atom stereocenters. The third-order valence-electron chi connectivity index (χ3n) is 1.57. The Morgan fingerprint density at radius 1 is 1.53 bits per heavy atom. The predicted molar refractivity (Wildman–Crippen MR) is 59.8 cm³/mol. The average molecular weight is 285 g/mol. The lowest BCUT2D eigenvalue weighted by Gasteiger charge is -2.01. The van der Waals surface area contributed by atoms with Crippen molar-refractivity contribution in [3.8, 4) is 0 Å². The van der Waals surface area contributed by atoms with Gasteiger partial charge in [0, 0.05) is 22.2 Å². The van der Waals surface area contributed by atoms with Crippen molar-refractivity contribution in [1.29, 1.82) is 0 Å². The number of hydrogen-bond donors (Lipinski definition) is 1. The van der Waals surface area contributed by atoms with Crippen LogP contribution in [0, 0.1) is 0 Å². The number of nitrogens with one attached hydrogen (secondary N) is 1. The largest absolute Gasteiger partial charge is 0.310 e. The molecule has 0 radical (unpaired) electrons. The molecule has 0 aliphatic carbocycles. The summed E-state index contributed by atoms with van der Waals surface area (Å²) in [6.45, 7) is 0. The first-order valence-electron chi connectivity index (χ1n) is 3.96. The molecule has 2 aromatic heterocycles. The van der Waals surface area contributed by atoms with E-state index in [-0.39, 0.29) is 5.91 Å². The highest BCUT2D eigenvalue weighted by atomic mass is 79.9. The minimum atomic E-state index is -0.284. The highest BCUT2D eigenvalue weighted by Crippen LogP contribution is 2.16. The zero-order valence-electron chi connectivity index (χ0n) is 7.35. The molecule has 0 saturated carbocycles. The van der Waals surface area contributed by atoms with Crippen molar-refractivity contribution in [2.45, 2.75) is 0 Å². The Bertz CT molecular complexity index is 473. The van der Waals surface area contributed by atoms with Crippen LogP contribution in [0.3, 0.4) is 0 Å². The highest BCUT2D eigenvalue weighted by Gasteiger charge is 2.11. The van der Waals surface area contributed by atoms with Crippen LogP contribution < -0.4 is 5.32 Å². The summed E-state index contributed by atoms with van der Waals surface area (Å²) in [5.74, 6) is -0.284. The number of pyridine rings is 1. The van der Waals surface area contributed by atoms with E-state index in [4.69, 9.17) is 0 Å². The number of anilines is 1. The number of halogens is 1. The van der Waals surface area contributed by atoms with Crippen LogP contribution in [0.5, 0.6) is 0 Å². The molecule has 0 unspecified atom stereocenters. The number of hydrogen-bond acceptors (Lipinski definition) is 5. The molecule has 1 amide bonds. The number of rotatable bonds is 2. The molecule has 15 heavy (non-hydrogen) atoms. The first kappa shape index (κ1) is 10.2. The van der Waals surface area contributed by atoms with E-state index < -0.39 is 0 Å². The van der Waals surface area contributed by atoms with Gasteiger partial charge < -0.3 is 5.32 Å². The van der Waals surface area contributed by atoms with E-state index >= 15 is 0 Å². The number of carbonyl (C=O) groups excluding carboxylic acids is 1. The van der Waals surface area contributed by atoms with Crippen molar-refractivity contribution in [3.63, 3.8) is 0 Å². The van der Waals surface area contributed by atoms with E-state index in [2.05, 4.69) is 35.8 Å². The Labute approximate surface area is 97.8 Å². The van der Waals surface area contributed by atoms with Gasteiger partial charge in [0.1, 0.15) is 10.7 Å². The number of aromatic nitrogens is 3. The lowest BCUT2D eigenvalue weighted by Crippen LogP contribution is -2.13. The van der Waals surface area contributed by atoms with Gasteiger partial charge in [-0.1, -0.05) is 4.49 Å².